The average molecular weight is 378 g/mol. The van der Waals surface area contributed by atoms with Gasteiger partial charge in [-0.1, -0.05) is 25.4 Å². The van der Waals surface area contributed by atoms with E-state index in [1.165, 1.54) is 22.3 Å². The van der Waals surface area contributed by atoms with Gasteiger partial charge in [0.2, 0.25) is 5.91 Å². The van der Waals surface area contributed by atoms with Gasteiger partial charge in [0.15, 0.2) is 5.13 Å². The van der Waals surface area contributed by atoms with Crippen LogP contribution in [0.4, 0.5) is 10.8 Å². The monoisotopic (exact) mass is 377 g/mol. The van der Waals surface area contributed by atoms with Crippen molar-refractivity contribution in [2.45, 2.75) is 26.3 Å². The van der Waals surface area contributed by atoms with Crippen molar-refractivity contribution in [2.24, 2.45) is 5.92 Å². The smallest absolute Gasteiger partial charge is 0.300 e. The Morgan fingerprint density at radius 1 is 1.36 bits per heavy atom. The number of fused-ring (bicyclic) bond motifs is 1. The molecule has 1 aromatic carbocycles. The lowest BCUT2D eigenvalue weighted by Gasteiger charge is -2.28. The van der Waals surface area contributed by atoms with E-state index in [2.05, 4.69) is 10.3 Å². The molecule has 1 aliphatic rings. The third kappa shape index (κ3) is 3.43. The summed E-state index contributed by atoms with van der Waals surface area (Å²) in [4.78, 5) is 42.9. The Kier molecular flexibility index (Phi) is 4.87. The highest BCUT2D eigenvalue weighted by Gasteiger charge is 2.42. The molecule has 1 aromatic heterocycles. The van der Waals surface area contributed by atoms with E-state index in [9.17, 15) is 14.4 Å². The Balaban J connectivity index is 1.97. The minimum atomic E-state index is -0.803. The zero-order valence-electron chi connectivity index (χ0n) is 13.7. The highest BCUT2D eigenvalue weighted by Crippen LogP contribution is 2.34. The van der Waals surface area contributed by atoms with Gasteiger partial charge in [0.25, 0.3) is 11.7 Å². The number of thiazole rings is 1. The third-order valence-corrected chi connectivity index (χ3v) is 4.77. The van der Waals surface area contributed by atoms with Crippen molar-refractivity contribution in [2.75, 3.05) is 10.2 Å². The summed E-state index contributed by atoms with van der Waals surface area (Å²) in [5.74, 6) is -1.58. The number of Topliss-reactive ketones (excluding diaryl/α,β-unsaturated/α-hetero) is 1. The first-order valence-corrected chi connectivity index (χ1v) is 9.02. The first-order valence-electron chi connectivity index (χ1n) is 7.76. The lowest BCUT2D eigenvalue weighted by Crippen LogP contribution is -2.47. The van der Waals surface area contributed by atoms with Crippen LogP contribution >= 0.6 is 22.9 Å². The number of anilines is 2. The second-order valence-corrected chi connectivity index (χ2v) is 7.47. The summed E-state index contributed by atoms with van der Waals surface area (Å²) in [5.41, 5.74) is 0.646. The van der Waals surface area contributed by atoms with Crippen molar-refractivity contribution in [3.8, 4) is 0 Å². The van der Waals surface area contributed by atoms with Gasteiger partial charge >= 0.3 is 0 Å². The summed E-state index contributed by atoms with van der Waals surface area (Å²) in [7, 11) is 0. The molecule has 1 aliphatic heterocycles. The van der Waals surface area contributed by atoms with Crippen LogP contribution < -0.4 is 10.2 Å². The number of benzene rings is 1. The molecule has 2 amide bonds. The van der Waals surface area contributed by atoms with Crippen LogP contribution in [-0.2, 0) is 9.59 Å². The van der Waals surface area contributed by atoms with E-state index in [0.717, 1.165) is 0 Å². The Bertz CT molecular complexity index is 836. The number of nitrogens with one attached hydrogen (secondary N) is 1. The standard InChI is InChI=1S/C17H16ClN3O3S/c1-9(2)7-13(15(23)20-17-19-5-6-25-17)21-12-4-3-10(18)8-11(12)14(22)16(21)24/h3-6,8-9,13H,7H2,1-2H3,(H,19,20,23). The molecule has 130 valence electrons. The van der Waals surface area contributed by atoms with E-state index in [4.69, 9.17) is 11.6 Å². The zero-order valence-corrected chi connectivity index (χ0v) is 15.2. The van der Waals surface area contributed by atoms with Crippen LogP contribution in [0.15, 0.2) is 29.8 Å². The molecular formula is C17H16ClN3O3S. The van der Waals surface area contributed by atoms with E-state index in [0.29, 0.717) is 22.3 Å². The van der Waals surface area contributed by atoms with Crippen LogP contribution in [0.5, 0.6) is 0 Å². The molecule has 3 rings (SSSR count). The third-order valence-electron chi connectivity index (χ3n) is 3.85. The first kappa shape index (κ1) is 17.6. The van der Waals surface area contributed by atoms with Gasteiger partial charge in [-0.3, -0.25) is 19.3 Å². The highest BCUT2D eigenvalue weighted by atomic mass is 35.5. The number of carbonyl (C=O) groups excluding carboxylic acids is 3. The average Bonchev–Trinajstić information content (AvgIpc) is 3.14. The fourth-order valence-electron chi connectivity index (χ4n) is 2.79. The maximum absolute atomic E-state index is 12.8. The zero-order chi connectivity index (χ0) is 18.1. The maximum atomic E-state index is 12.8. The number of amides is 2. The molecule has 0 aliphatic carbocycles. The van der Waals surface area contributed by atoms with E-state index in [1.807, 2.05) is 13.8 Å². The van der Waals surface area contributed by atoms with Crippen molar-refractivity contribution in [3.05, 3.63) is 40.4 Å². The van der Waals surface area contributed by atoms with Crippen molar-refractivity contribution < 1.29 is 14.4 Å². The number of ketones is 1. The molecule has 0 bridgehead atoms. The predicted octanol–water partition coefficient (Wildman–Crippen LogP) is 3.38. The SMILES string of the molecule is CC(C)CC(C(=O)Nc1nccs1)N1C(=O)C(=O)c2cc(Cl)ccc21. The van der Waals surface area contributed by atoms with Crippen LogP contribution in [0.2, 0.25) is 5.02 Å². The largest absolute Gasteiger partial charge is 0.300 e. The maximum Gasteiger partial charge on any atom is 0.300 e. The normalized spacial score (nSPS) is 14.8. The fourth-order valence-corrected chi connectivity index (χ4v) is 3.50. The molecule has 25 heavy (non-hydrogen) atoms. The van der Waals surface area contributed by atoms with Gasteiger partial charge in [0.05, 0.1) is 11.3 Å². The number of nitrogens with zero attached hydrogens (tertiary/aromatic N) is 2. The molecule has 1 N–H and O–H groups in total. The minimum Gasteiger partial charge on any atom is -0.300 e. The summed E-state index contributed by atoms with van der Waals surface area (Å²) in [6.07, 6.45) is 2.00. The molecule has 0 radical (unpaired) electrons. The molecule has 8 heteroatoms. The predicted molar refractivity (Wildman–Crippen MR) is 97.3 cm³/mol. The molecule has 0 fully saturated rings. The summed E-state index contributed by atoms with van der Waals surface area (Å²) in [5, 5.41) is 5.29. The van der Waals surface area contributed by atoms with Crippen LogP contribution in [-0.4, -0.2) is 28.6 Å². The van der Waals surface area contributed by atoms with Crippen LogP contribution in [0.1, 0.15) is 30.6 Å². The number of rotatable bonds is 5. The molecular weight excluding hydrogens is 362 g/mol. The molecule has 0 saturated heterocycles. The van der Waals surface area contributed by atoms with Crippen LogP contribution in [0.25, 0.3) is 0 Å². The van der Waals surface area contributed by atoms with E-state index in [1.54, 1.807) is 23.7 Å². The molecule has 2 aromatic rings. The molecule has 6 nitrogen and oxygen atoms in total. The molecule has 1 unspecified atom stereocenters. The topological polar surface area (TPSA) is 79.4 Å². The molecule has 0 saturated carbocycles. The number of hydrogen-bond acceptors (Lipinski definition) is 5. The van der Waals surface area contributed by atoms with E-state index >= 15 is 0 Å². The molecule has 0 spiro atoms. The quantitative estimate of drug-likeness (QED) is 0.810. The van der Waals surface area contributed by atoms with E-state index in [-0.39, 0.29) is 17.4 Å². The van der Waals surface area contributed by atoms with E-state index < -0.39 is 17.7 Å². The summed E-state index contributed by atoms with van der Waals surface area (Å²) >= 11 is 7.23. The second kappa shape index (κ2) is 6.93. The summed E-state index contributed by atoms with van der Waals surface area (Å²) in [6.45, 7) is 3.91. The second-order valence-electron chi connectivity index (χ2n) is 6.14. The van der Waals surface area contributed by atoms with Crippen molar-refractivity contribution >= 4 is 51.4 Å². The number of hydrogen-bond donors (Lipinski definition) is 1. The van der Waals surface area contributed by atoms with Gasteiger partial charge in [0, 0.05) is 16.6 Å². The Morgan fingerprint density at radius 2 is 2.12 bits per heavy atom. The molecule has 2 heterocycles. The van der Waals surface area contributed by atoms with Crippen molar-refractivity contribution in [1.29, 1.82) is 0 Å². The Morgan fingerprint density at radius 3 is 2.76 bits per heavy atom. The van der Waals surface area contributed by atoms with Gasteiger partial charge in [-0.2, -0.15) is 0 Å². The van der Waals surface area contributed by atoms with Crippen molar-refractivity contribution in [3.63, 3.8) is 0 Å². The molecule has 1 atom stereocenters. The number of carbonyl (C=O) groups is 3. The summed E-state index contributed by atoms with van der Waals surface area (Å²) < 4.78 is 0. The van der Waals surface area contributed by atoms with Gasteiger partial charge in [0.1, 0.15) is 6.04 Å². The first-order chi connectivity index (χ1) is 11.9. The van der Waals surface area contributed by atoms with Gasteiger partial charge in [-0.15, -0.1) is 11.3 Å². The van der Waals surface area contributed by atoms with Crippen LogP contribution in [0, 0.1) is 5.92 Å². The summed E-state index contributed by atoms with van der Waals surface area (Å²) in [6, 6.07) is 3.86. The van der Waals surface area contributed by atoms with Gasteiger partial charge in [-0.25, -0.2) is 4.98 Å². The Labute approximate surface area is 153 Å². The highest BCUT2D eigenvalue weighted by molar-refractivity contribution is 7.13. The lowest BCUT2D eigenvalue weighted by atomic mass is 10.0. The van der Waals surface area contributed by atoms with Gasteiger partial charge in [-0.05, 0) is 30.5 Å². The minimum absolute atomic E-state index is 0.145. The van der Waals surface area contributed by atoms with Crippen LogP contribution in [0.3, 0.4) is 0 Å². The van der Waals surface area contributed by atoms with Crippen molar-refractivity contribution in [1.82, 2.24) is 4.98 Å². The number of aromatic nitrogens is 1. The lowest BCUT2D eigenvalue weighted by molar-refractivity contribution is -0.121. The number of halogens is 1. The fraction of sp³-hybridized carbons (Fsp3) is 0.294. The Hall–Kier alpha value is -2.25. The van der Waals surface area contributed by atoms with Gasteiger partial charge < -0.3 is 5.32 Å².